The van der Waals surface area contributed by atoms with Gasteiger partial charge in [-0.2, -0.15) is 0 Å². The number of amides is 1. The number of benzene rings is 2. The topological polar surface area (TPSA) is 66.6 Å². The Kier molecular flexibility index (Phi) is 4.25. The number of nitrogens with zero attached hydrogens (tertiary/aromatic N) is 1. The second kappa shape index (κ2) is 6.10. The molecule has 2 aromatic rings. The Morgan fingerprint density at radius 1 is 1.20 bits per heavy atom. The maximum absolute atomic E-state index is 12.6. The molecule has 3 N–H and O–H groups in total. The highest BCUT2D eigenvalue weighted by molar-refractivity contribution is 6.07. The summed E-state index contributed by atoms with van der Waals surface area (Å²) in [6, 6.07) is 13.7. The van der Waals surface area contributed by atoms with Gasteiger partial charge < -0.3 is 15.7 Å². The van der Waals surface area contributed by atoms with Crippen LogP contribution in [0.3, 0.4) is 0 Å². The highest BCUT2D eigenvalue weighted by Gasteiger charge is 2.19. The molecule has 4 nitrogen and oxygen atoms in total. The van der Waals surface area contributed by atoms with E-state index in [9.17, 15) is 9.90 Å². The standard InChI is InChI=1S/C16H18N2O2/c1-2-10-18(13-7-5-6-12(17)11-13)16(20)14-8-3-4-9-15(14)19/h3-9,11,19H,2,10,17H2,1H3. The van der Waals surface area contributed by atoms with Gasteiger partial charge in [0.05, 0.1) is 5.56 Å². The number of phenols is 1. The van der Waals surface area contributed by atoms with Crippen LogP contribution in [0.4, 0.5) is 11.4 Å². The van der Waals surface area contributed by atoms with Crippen LogP contribution in [0.5, 0.6) is 5.75 Å². The number of rotatable bonds is 4. The summed E-state index contributed by atoms with van der Waals surface area (Å²) in [6.45, 7) is 2.56. The smallest absolute Gasteiger partial charge is 0.262 e. The molecule has 2 rings (SSSR count). The van der Waals surface area contributed by atoms with E-state index >= 15 is 0 Å². The Morgan fingerprint density at radius 2 is 1.95 bits per heavy atom. The van der Waals surface area contributed by atoms with Crippen LogP contribution in [-0.4, -0.2) is 17.6 Å². The molecule has 0 unspecified atom stereocenters. The molecule has 2 aromatic carbocycles. The van der Waals surface area contributed by atoms with E-state index in [2.05, 4.69) is 0 Å². The molecule has 0 aliphatic carbocycles. The van der Waals surface area contributed by atoms with Crippen LogP contribution in [-0.2, 0) is 0 Å². The Labute approximate surface area is 118 Å². The summed E-state index contributed by atoms with van der Waals surface area (Å²) in [5.41, 5.74) is 7.41. The molecule has 20 heavy (non-hydrogen) atoms. The van der Waals surface area contributed by atoms with E-state index in [0.29, 0.717) is 17.8 Å². The molecule has 0 spiro atoms. The molecule has 0 saturated heterocycles. The average Bonchev–Trinajstić information content (AvgIpc) is 2.44. The first-order valence-corrected chi connectivity index (χ1v) is 6.59. The summed E-state index contributed by atoms with van der Waals surface area (Å²) in [7, 11) is 0. The number of carbonyl (C=O) groups excluding carboxylic acids is 1. The van der Waals surface area contributed by atoms with E-state index in [-0.39, 0.29) is 11.7 Å². The van der Waals surface area contributed by atoms with Crippen LogP contribution in [0.2, 0.25) is 0 Å². The van der Waals surface area contributed by atoms with Gasteiger partial charge in [0.25, 0.3) is 5.91 Å². The highest BCUT2D eigenvalue weighted by Crippen LogP contribution is 2.24. The van der Waals surface area contributed by atoms with Gasteiger partial charge in [-0.1, -0.05) is 25.1 Å². The van der Waals surface area contributed by atoms with Crippen molar-refractivity contribution in [3.05, 3.63) is 54.1 Å². The lowest BCUT2D eigenvalue weighted by Crippen LogP contribution is -2.31. The van der Waals surface area contributed by atoms with Crippen molar-refractivity contribution in [2.24, 2.45) is 0 Å². The van der Waals surface area contributed by atoms with Gasteiger partial charge in [0.1, 0.15) is 5.75 Å². The fourth-order valence-corrected chi connectivity index (χ4v) is 2.06. The molecule has 0 atom stereocenters. The molecule has 0 bridgehead atoms. The zero-order chi connectivity index (χ0) is 14.5. The van der Waals surface area contributed by atoms with Crippen LogP contribution in [0, 0.1) is 0 Å². The van der Waals surface area contributed by atoms with E-state index in [1.54, 1.807) is 35.2 Å². The molecule has 104 valence electrons. The van der Waals surface area contributed by atoms with Crippen LogP contribution in [0.15, 0.2) is 48.5 Å². The lowest BCUT2D eigenvalue weighted by atomic mass is 10.1. The van der Waals surface area contributed by atoms with E-state index < -0.39 is 0 Å². The van der Waals surface area contributed by atoms with Crippen LogP contribution in [0.25, 0.3) is 0 Å². The summed E-state index contributed by atoms with van der Waals surface area (Å²) < 4.78 is 0. The van der Waals surface area contributed by atoms with Crippen molar-refractivity contribution in [3.8, 4) is 5.75 Å². The van der Waals surface area contributed by atoms with Crippen molar-refractivity contribution in [1.29, 1.82) is 0 Å². The Balaban J connectivity index is 2.39. The lowest BCUT2D eigenvalue weighted by molar-refractivity contribution is 0.0984. The average molecular weight is 270 g/mol. The maximum atomic E-state index is 12.6. The van der Waals surface area contributed by atoms with Gasteiger partial charge in [0.2, 0.25) is 0 Å². The number of carbonyl (C=O) groups is 1. The van der Waals surface area contributed by atoms with Gasteiger partial charge in [-0.3, -0.25) is 4.79 Å². The Bertz CT molecular complexity index is 611. The minimum absolute atomic E-state index is 0.0116. The first kappa shape index (κ1) is 13.9. The van der Waals surface area contributed by atoms with Crippen molar-refractivity contribution in [2.45, 2.75) is 13.3 Å². The quantitative estimate of drug-likeness (QED) is 0.839. The summed E-state index contributed by atoms with van der Waals surface area (Å²) in [6.07, 6.45) is 0.814. The lowest BCUT2D eigenvalue weighted by Gasteiger charge is -2.23. The predicted molar refractivity (Wildman–Crippen MR) is 80.9 cm³/mol. The van der Waals surface area contributed by atoms with Gasteiger partial charge in [0, 0.05) is 17.9 Å². The van der Waals surface area contributed by atoms with Crippen molar-refractivity contribution in [2.75, 3.05) is 17.2 Å². The Morgan fingerprint density at radius 3 is 2.60 bits per heavy atom. The third kappa shape index (κ3) is 2.91. The molecule has 0 radical (unpaired) electrons. The number of nitrogen functional groups attached to an aromatic ring is 1. The van der Waals surface area contributed by atoms with Gasteiger partial charge >= 0.3 is 0 Å². The summed E-state index contributed by atoms with van der Waals surface area (Å²) in [5.74, 6) is -0.238. The molecule has 0 aliphatic heterocycles. The largest absolute Gasteiger partial charge is 0.507 e. The molecule has 0 heterocycles. The molecule has 0 saturated carbocycles. The predicted octanol–water partition coefficient (Wildman–Crippen LogP) is 3.03. The molecular weight excluding hydrogens is 252 g/mol. The molecule has 0 aliphatic rings. The van der Waals surface area contributed by atoms with E-state index in [4.69, 9.17) is 5.73 Å². The zero-order valence-corrected chi connectivity index (χ0v) is 11.4. The Hall–Kier alpha value is -2.49. The zero-order valence-electron chi connectivity index (χ0n) is 11.4. The first-order valence-electron chi connectivity index (χ1n) is 6.59. The third-order valence-corrected chi connectivity index (χ3v) is 3.01. The minimum Gasteiger partial charge on any atom is -0.507 e. The summed E-state index contributed by atoms with van der Waals surface area (Å²) in [5, 5.41) is 9.83. The van der Waals surface area contributed by atoms with E-state index in [0.717, 1.165) is 12.1 Å². The van der Waals surface area contributed by atoms with E-state index in [1.165, 1.54) is 6.07 Å². The normalized spacial score (nSPS) is 10.2. The fraction of sp³-hybridized carbons (Fsp3) is 0.188. The van der Waals surface area contributed by atoms with E-state index in [1.807, 2.05) is 19.1 Å². The number of anilines is 2. The summed E-state index contributed by atoms with van der Waals surface area (Å²) >= 11 is 0. The second-order valence-corrected chi connectivity index (χ2v) is 4.57. The van der Waals surface area contributed by atoms with Crippen molar-refractivity contribution >= 4 is 17.3 Å². The molecule has 4 heteroatoms. The number of nitrogens with two attached hydrogens (primary N) is 1. The number of hydrogen-bond acceptors (Lipinski definition) is 3. The first-order chi connectivity index (χ1) is 9.63. The maximum Gasteiger partial charge on any atom is 0.262 e. The second-order valence-electron chi connectivity index (χ2n) is 4.57. The third-order valence-electron chi connectivity index (χ3n) is 3.01. The number of phenolic OH excluding ortho intramolecular Hbond substituents is 1. The number of hydrogen-bond donors (Lipinski definition) is 2. The van der Waals surface area contributed by atoms with Crippen LogP contribution >= 0.6 is 0 Å². The van der Waals surface area contributed by atoms with Crippen LogP contribution in [0.1, 0.15) is 23.7 Å². The van der Waals surface area contributed by atoms with Crippen molar-refractivity contribution < 1.29 is 9.90 Å². The van der Waals surface area contributed by atoms with Gasteiger partial charge in [-0.15, -0.1) is 0 Å². The minimum atomic E-state index is -0.226. The van der Waals surface area contributed by atoms with Gasteiger partial charge in [-0.05, 0) is 36.8 Å². The monoisotopic (exact) mass is 270 g/mol. The molecular formula is C16H18N2O2. The van der Waals surface area contributed by atoms with Crippen molar-refractivity contribution in [3.63, 3.8) is 0 Å². The molecule has 0 aromatic heterocycles. The summed E-state index contributed by atoms with van der Waals surface area (Å²) in [4.78, 5) is 14.2. The SMILES string of the molecule is CCCN(C(=O)c1ccccc1O)c1cccc(N)c1. The number of aromatic hydroxyl groups is 1. The fourth-order valence-electron chi connectivity index (χ4n) is 2.06. The number of para-hydroxylation sites is 1. The molecule has 0 fully saturated rings. The highest BCUT2D eigenvalue weighted by atomic mass is 16.3. The van der Waals surface area contributed by atoms with Gasteiger partial charge in [0.15, 0.2) is 0 Å². The van der Waals surface area contributed by atoms with Crippen LogP contribution < -0.4 is 10.6 Å². The van der Waals surface area contributed by atoms with Crippen molar-refractivity contribution in [1.82, 2.24) is 0 Å². The van der Waals surface area contributed by atoms with Gasteiger partial charge in [-0.25, -0.2) is 0 Å². The molecule has 1 amide bonds.